The second-order valence-electron chi connectivity index (χ2n) is 11.3. The van der Waals surface area contributed by atoms with E-state index in [1.54, 1.807) is 11.1 Å². The fraction of sp³-hybridized carbons (Fsp3) is 0.158. The molecule has 188 valence electrons. The number of nitrogens with one attached hydrogen (secondary N) is 1. The molecule has 0 saturated heterocycles. The lowest BCUT2D eigenvalue weighted by Crippen LogP contribution is -2.06. The lowest BCUT2D eigenvalue weighted by molar-refractivity contribution is 0.761. The molecule has 0 aromatic heterocycles. The summed E-state index contributed by atoms with van der Waals surface area (Å²) in [6, 6.07) is 33.6. The predicted molar refractivity (Wildman–Crippen MR) is 163 cm³/mol. The predicted octanol–water partition coefficient (Wildman–Crippen LogP) is 10.1. The SMILES string of the molecule is C1=CC2=C(CC1)CC1=C2C=CCC1c1ccc(Nc2ccc(-c3cccc4c3Cc3ccccc3-4)cc2)cc1. The van der Waals surface area contributed by atoms with Gasteiger partial charge in [0.15, 0.2) is 0 Å². The first-order valence-electron chi connectivity index (χ1n) is 14.3. The van der Waals surface area contributed by atoms with Crippen LogP contribution in [-0.2, 0) is 6.42 Å². The maximum Gasteiger partial charge on any atom is 0.0384 e. The molecule has 1 atom stereocenters. The first-order chi connectivity index (χ1) is 19.3. The van der Waals surface area contributed by atoms with Crippen molar-refractivity contribution in [3.05, 3.63) is 154 Å². The molecular formula is C38H31N. The normalized spacial score (nSPS) is 18.6. The summed E-state index contributed by atoms with van der Waals surface area (Å²) < 4.78 is 0. The van der Waals surface area contributed by atoms with Gasteiger partial charge in [-0.15, -0.1) is 0 Å². The fourth-order valence-electron chi connectivity index (χ4n) is 7.11. The van der Waals surface area contributed by atoms with Gasteiger partial charge in [-0.25, -0.2) is 0 Å². The van der Waals surface area contributed by atoms with Crippen LogP contribution in [0.15, 0.2) is 138 Å². The fourth-order valence-corrected chi connectivity index (χ4v) is 7.11. The van der Waals surface area contributed by atoms with Gasteiger partial charge in [-0.05, 0) is 106 Å². The molecule has 0 bridgehead atoms. The Labute approximate surface area is 230 Å². The number of rotatable bonds is 4. The average molecular weight is 502 g/mol. The lowest BCUT2D eigenvalue weighted by atomic mass is 9.82. The number of hydrogen-bond donors (Lipinski definition) is 1. The minimum Gasteiger partial charge on any atom is -0.356 e. The van der Waals surface area contributed by atoms with Gasteiger partial charge in [0.2, 0.25) is 0 Å². The zero-order valence-corrected chi connectivity index (χ0v) is 22.1. The van der Waals surface area contributed by atoms with Crippen molar-refractivity contribution < 1.29 is 0 Å². The summed E-state index contributed by atoms with van der Waals surface area (Å²) in [5.74, 6) is 0.496. The highest BCUT2D eigenvalue weighted by molar-refractivity contribution is 5.85. The summed E-state index contributed by atoms with van der Waals surface area (Å²) in [5.41, 5.74) is 18.2. The van der Waals surface area contributed by atoms with Gasteiger partial charge in [-0.1, -0.05) is 102 Å². The Morgan fingerprint density at radius 2 is 1.36 bits per heavy atom. The smallest absolute Gasteiger partial charge is 0.0384 e. The molecule has 1 N–H and O–H groups in total. The molecular weight excluding hydrogens is 470 g/mol. The second-order valence-corrected chi connectivity index (χ2v) is 11.3. The van der Waals surface area contributed by atoms with Crippen LogP contribution in [0.5, 0.6) is 0 Å². The number of allylic oxidation sites excluding steroid dienone is 8. The van der Waals surface area contributed by atoms with E-state index in [1.165, 1.54) is 62.9 Å². The van der Waals surface area contributed by atoms with Crippen molar-refractivity contribution in [2.24, 2.45) is 0 Å². The Bertz CT molecular complexity index is 1720. The Hall–Kier alpha value is -4.36. The third-order valence-electron chi connectivity index (χ3n) is 9.04. The van der Waals surface area contributed by atoms with Crippen LogP contribution < -0.4 is 5.32 Å². The zero-order chi connectivity index (χ0) is 25.8. The number of anilines is 2. The highest BCUT2D eigenvalue weighted by Gasteiger charge is 2.30. The molecule has 4 aromatic carbocycles. The number of benzene rings is 4. The van der Waals surface area contributed by atoms with Gasteiger partial charge in [0.25, 0.3) is 0 Å². The van der Waals surface area contributed by atoms with Crippen molar-refractivity contribution in [1.82, 2.24) is 0 Å². The summed E-state index contributed by atoms with van der Waals surface area (Å²) in [4.78, 5) is 0. The zero-order valence-electron chi connectivity index (χ0n) is 22.1. The summed E-state index contributed by atoms with van der Waals surface area (Å²) in [5, 5.41) is 3.62. The minimum absolute atomic E-state index is 0.496. The van der Waals surface area contributed by atoms with Crippen molar-refractivity contribution in [3.8, 4) is 22.3 Å². The standard InChI is InChI=1S/C38H31N/c1-3-9-33-27(7-1)23-37-31(11-5-13-35(33)37)25-15-19-29(20-16-25)39-30-21-17-26(18-22-30)32-12-6-14-36-34-10-4-2-8-28(34)24-38(32)36/h1,3-7,9-11,13-22,32,39H,2,8,12,23-24H2. The largest absolute Gasteiger partial charge is 0.356 e. The van der Waals surface area contributed by atoms with Gasteiger partial charge < -0.3 is 5.32 Å². The summed E-state index contributed by atoms with van der Waals surface area (Å²) in [7, 11) is 0. The Morgan fingerprint density at radius 1 is 0.615 bits per heavy atom. The van der Waals surface area contributed by atoms with Gasteiger partial charge in [0.05, 0.1) is 0 Å². The summed E-state index contributed by atoms with van der Waals surface area (Å²) in [6.07, 6.45) is 15.1. The monoisotopic (exact) mass is 501 g/mol. The van der Waals surface area contributed by atoms with Crippen molar-refractivity contribution in [2.45, 2.75) is 38.0 Å². The first kappa shape index (κ1) is 22.6. The van der Waals surface area contributed by atoms with Crippen molar-refractivity contribution >= 4 is 11.4 Å². The van der Waals surface area contributed by atoms with E-state index in [2.05, 4.69) is 121 Å². The van der Waals surface area contributed by atoms with Crippen LogP contribution in [0.2, 0.25) is 0 Å². The highest BCUT2D eigenvalue weighted by Crippen LogP contribution is 2.48. The van der Waals surface area contributed by atoms with E-state index in [4.69, 9.17) is 0 Å². The molecule has 1 nitrogen and oxygen atoms in total. The summed E-state index contributed by atoms with van der Waals surface area (Å²) >= 11 is 0. The maximum atomic E-state index is 3.62. The van der Waals surface area contributed by atoms with Gasteiger partial charge in [-0.2, -0.15) is 0 Å². The molecule has 0 fully saturated rings. The van der Waals surface area contributed by atoms with Crippen molar-refractivity contribution in [2.75, 3.05) is 5.32 Å². The molecule has 8 rings (SSSR count). The van der Waals surface area contributed by atoms with Gasteiger partial charge in [0, 0.05) is 17.3 Å². The molecule has 0 saturated carbocycles. The van der Waals surface area contributed by atoms with Gasteiger partial charge in [-0.3, -0.25) is 0 Å². The molecule has 4 aliphatic carbocycles. The van der Waals surface area contributed by atoms with E-state index in [-0.39, 0.29) is 0 Å². The molecule has 0 heterocycles. The van der Waals surface area contributed by atoms with Gasteiger partial charge >= 0.3 is 0 Å². The van der Waals surface area contributed by atoms with Crippen LogP contribution >= 0.6 is 0 Å². The van der Waals surface area contributed by atoms with Crippen LogP contribution in [-0.4, -0.2) is 0 Å². The quantitative estimate of drug-likeness (QED) is 0.258. The minimum atomic E-state index is 0.496. The number of hydrogen-bond acceptors (Lipinski definition) is 1. The molecule has 4 aliphatic rings. The molecule has 39 heavy (non-hydrogen) atoms. The van der Waals surface area contributed by atoms with Crippen LogP contribution in [0, 0.1) is 0 Å². The summed E-state index contributed by atoms with van der Waals surface area (Å²) in [6.45, 7) is 0. The van der Waals surface area contributed by atoms with E-state index in [0.29, 0.717) is 5.92 Å². The van der Waals surface area contributed by atoms with E-state index in [0.717, 1.165) is 30.6 Å². The molecule has 0 amide bonds. The van der Waals surface area contributed by atoms with Crippen LogP contribution in [0.25, 0.3) is 22.3 Å². The molecule has 0 aliphatic heterocycles. The van der Waals surface area contributed by atoms with Crippen LogP contribution in [0.1, 0.15) is 48.3 Å². The average Bonchev–Trinajstić information content (AvgIpc) is 3.57. The van der Waals surface area contributed by atoms with Crippen molar-refractivity contribution in [1.29, 1.82) is 0 Å². The maximum absolute atomic E-state index is 3.62. The van der Waals surface area contributed by atoms with Crippen LogP contribution in [0.4, 0.5) is 11.4 Å². The molecule has 1 heteroatoms. The van der Waals surface area contributed by atoms with Gasteiger partial charge in [0.1, 0.15) is 0 Å². The second kappa shape index (κ2) is 9.13. The van der Waals surface area contributed by atoms with E-state index in [1.807, 2.05) is 0 Å². The molecule has 1 unspecified atom stereocenters. The van der Waals surface area contributed by atoms with Crippen LogP contribution in [0.3, 0.4) is 0 Å². The van der Waals surface area contributed by atoms with E-state index < -0.39 is 0 Å². The Balaban J connectivity index is 0.997. The molecule has 4 aromatic rings. The van der Waals surface area contributed by atoms with Crippen molar-refractivity contribution in [3.63, 3.8) is 0 Å². The Morgan fingerprint density at radius 3 is 2.23 bits per heavy atom. The molecule has 0 radical (unpaired) electrons. The molecule has 0 spiro atoms. The van der Waals surface area contributed by atoms with E-state index >= 15 is 0 Å². The lowest BCUT2D eigenvalue weighted by Gasteiger charge is -2.23. The third kappa shape index (κ3) is 3.84. The number of fused-ring (bicyclic) bond motifs is 4. The highest BCUT2D eigenvalue weighted by atomic mass is 14.9. The topological polar surface area (TPSA) is 12.0 Å². The third-order valence-corrected chi connectivity index (χ3v) is 9.04. The Kier molecular flexibility index (Phi) is 5.29. The first-order valence-corrected chi connectivity index (χ1v) is 14.3. The van der Waals surface area contributed by atoms with E-state index in [9.17, 15) is 0 Å².